The number of rotatable bonds is 8. The molecule has 0 unspecified atom stereocenters. The van der Waals surface area contributed by atoms with E-state index in [2.05, 4.69) is 41.4 Å². The Labute approximate surface area is 120 Å². The predicted octanol–water partition coefficient (Wildman–Crippen LogP) is 2.14. The second-order valence-electron chi connectivity index (χ2n) is 5.24. The van der Waals surface area contributed by atoms with Crippen LogP contribution in [0.25, 0.3) is 0 Å². The summed E-state index contributed by atoms with van der Waals surface area (Å²) in [6.07, 6.45) is 5.08. The van der Waals surface area contributed by atoms with Gasteiger partial charge in [-0.15, -0.1) is 0 Å². The fourth-order valence-electron chi connectivity index (χ4n) is 2.18. The number of nitrogens with zero attached hydrogens (tertiary/aromatic N) is 3. The minimum Gasteiger partial charge on any atom is -0.463 e. The highest BCUT2D eigenvalue weighted by molar-refractivity contribution is 5.08. The first kappa shape index (κ1) is 14.8. The lowest BCUT2D eigenvalue weighted by Crippen LogP contribution is -2.16. The highest BCUT2D eigenvalue weighted by Crippen LogP contribution is 2.11. The van der Waals surface area contributed by atoms with Crippen molar-refractivity contribution in [3.05, 3.63) is 41.6 Å². The molecule has 0 radical (unpaired) electrons. The molecular weight excluding hydrogens is 252 g/mol. The van der Waals surface area contributed by atoms with E-state index >= 15 is 0 Å². The summed E-state index contributed by atoms with van der Waals surface area (Å²) in [6.45, 7) is 5.67. The van der Waals surface area contributed by atoms with E-state index in [9.17, 15) is 0 Å². The molecule has 1 N–H and O–H groups in total. The van der Waals surface area contributed by atoms with E-state index in [1.807, 2.05) is 24.1 Å². The molecule has 0 aliphatic heterocycles. The fourth-order valence-corrected chi connectivity index (χ4v) is 2.18. The second-order valence-corrected chi connectivity index (χ2v) is 5.24. The van der Waals surface area contributed by atoms with Crippen molar-refractivity contribution >= 4 is 0 Å². The summed E-state index contributed by atoms with van der Waals surface area (Å²) in [5.41, 5.74) is 1.21. The average molecular weight is 276 g/mol. The van der Waals surface area contributed by atoms with Crippen molar-refractivity contribution in [3.8, 4) is 0 Å². The van der Waals surface area contributed by atoms with Crippen molar-refractivity contribution in [1.29, 1.82) is 0 Å². The maximum atomic E-state index is 5.82. The maximum absolute atomic E-state index is 5.82. The van der Waals surface area contributed by atoms with Gasteiger partial charge in [0.2, 0.25) is 0 Å². The standard InChI is InChI=1S/C15H24N4O/c1-4-7-16-9-14-5-6-15(20-14)12-18(2)10-13-8-17-19(3)11-13/h5-6,8,11,16H,4,7,9-10,12H2,1-3H3. The van der Waals surface area contributed by atoms with E-state index < -0.39 is 0 Å². The summed E-state index contributed by atoms with van der Waals surface area (Å²) in [5, 5.41) is 7.52. The van der Waals surface area contributed by atoms with Gasteiger partial charge in [0.05, 0.1) is 19.3 Å². The van der Waals surface area contributed by atoms with Crippen LogP contribution >= 0.6 is 0 Å². The Morgan fingerprint density at radius 3 is 2.80 bits per heavy atom. The Balaban J connectivity index is 1.80. The lowest BCUT2D eigenvalue weighted by atomic mass is 10.3. The van der Waals surface area contributed by atoms with E-state index in [-0.39, 0.29) is 0 Å². The van der Waals surface area contributed by atoms with Crippen LogP contribution in [0.4, 0.5) is 0 Å². The molecule has 2 aromatic rings. The van der Waals surface area contributed by atoms with Gasteiger partial charge in [-0.1, -0.05) is 6.92 Å². The van der Waals surface area contributed by atoms with Gasteiger partial charge in [0.25, 0.3) is 0 Å². The molecule has 0 fully saturated rings. The summed E-state index contributed by atoms with van der Waals surface area (Å²) in [7, 11) is 4.02. The third-order valence-electron chi connectivity index (χ3n) is 3.08. The molecular formula is C15H24N4O. The molecule has 5 nitrogen and oxygen atoms in total. The highest BCUT2D eigenvalue weighted by Gasteiger charge is 2.07. The van der Waals surface area contributed by atoms with Gasteiger partial charge in [0, 0.05) is 25.4 Å². The molecule has 0 bridgehead atoms. The van der Waals surface area contributed by atoms with Crippen LogP contribution in [-0.2, 0) is 26.7 Å². The van der Waals surface area contributed by atoms with Crippen LogP contribution in [0.15, 0.2) is 28.9 Å². The third kappa shape index (κ3) is 4.51. The molecule has 0 aliphatic rings. The highest BCUT2D eigenvalue weighted by atomic mass is 16.3. The second kappa shape index (κ2) is 7.26. The summed E-state index contributed by atoms with van der Waals surface area (Å²) in [5.74, 6) is 2.01. The summed E-state index contributed by atoms with van der Waals surface area (Å²) < 4.78 is 7.65. The van der Waals surface area contributed by atoms with Gasteiger partial charge >= 0.3 is 0 Å². The lowest BCUT2D eigenvalue weighted by Gasteiger charge is -2.13. The predicted molar refractivity (Wildman–Crippen MR) is 79.1 cm³/mol. The van der Waals surface area contributed by atoms with Gasteiger partial charge in [-0.2, -0.15) is 5.10 Å². The molecule has 0 aromatic carbocycles. The number of hydrogen-bond acceptors (Lipinski definition) is 4. The quantitative estimate of drug-likeness (QED) is 0.750. The molecule has 0 spiro atoms. The molecule has 0 amide bonds. The summed E-state index contributed by atoms with van der Waals surface area (Å²) >= 11 is 0. The average Bonchev–Trinajstić information content (AvgIpc) is 2.99. The maximum Gasteiger partial charge on any atom is 0.118 e. The minimum atomic E-state index is 0.806. The SMILES string of the molecule is CCCNCc1ccc(CN(C)Cc2cnn(C)c2)o1. The largest absolute Gasteiger partial charge is 0.463 e. The number of nitrogens with one attached hydrogen (secondary N) is 1. The first-order valence-corrected chi connectivity index (χ1v) is 7.11. The van der Waals surface area contributed by atoms with Crippen molar-refractivity contribution in [2.45, 2.75) is 33.0 Å². The Morgan fingerprint density at radius 2 is 2.10 bits per heavy atom. The van der Waals surface area contributed by atoms with Gasteiger partial charge < -0.3 is 9.73 Å². The first-order chi connectivity index (χ1) is 9.67. The van der Waals surface area contributed by atoms with E-state index in [1.54, 1.807) is 0 Å². The molecule has 2 aromatic heterocycles. The Bertz CT molecular complexity index is 517. The van der Waals surface area contributed by atoms with Gasteiger partial charge in [-0.05, 0) is 32.1 Å². The summed E-state index contributed by atoms with van der Waals surface area (Å²) in [4.78, 5) is 2.22. The van der Waals surface area contributed by atoms with Crippen molar-refractivity contribution in [2.24, 2.45) is 7.05 Å². The van der Waals surface area contributed by atoms with E-state index in [4.69, 9.17) is 4.42 Å². The molecule has 0 aliphatic carbocycles. The molecule has 20 heavy (non-hydrogen) atoms. The number of aryl methyl sites for hydroxylation is 1. The topological polar surface area (TPSA) is 46.2 Å². The normalized spacial score (nSPS) is 11.4. The van der Waals surface area contributed by atoms with Gasteiger partial charge in [0.1, 0.15) is 11.5 Å². The molecule has 0 atom stereocenters. The Kier molecular flexibility index (Phi) is 5.38. The van der Waals surface area contributed by atoms with Crippen LogP contribution < -0.4 is 5.32 Å². The Morgan fingerprint density at radius 1 is 1.30 bits per heavy atom. The van der Waals surface area contributed by atoms with Crippen LogP contribution in [-0.4, -0.2) is 28.3 Å². The van der Waals surface area contributed by atoms with Crippen LogP contribution in [0.3, 0.4) is 0 Å². The number of furan rings is 1. The van der Waals surface area contributed by atoms with Crippen molar-refractivity contribution in [2.75, 3.05) is 13.6 Å². The third-order valence-corrected chi connectivity index (χ3v) is 3.08. The fraction of sp³-hybridized carbons (Fsp3) is 0.533. The zero-order chi connectivity index (χ0) is 14.4. The van der Waals surface area contributed by atoms with Crippen LogP contribution in [0.2, 0.25) is 0 Å². The smallest absolute Gasteiger partial charge is 0.118 e. The number of hydrogen-bond donors (Lipinski definition) is 1. The number of aromatic nitrogens is 2. The molecule has 2 rings (SSSR count). The van der Waals surface area contributed by atoms with Crippen molar-refractivity contribution < 1.29 is 4.42 Å². The van der Waals surface area contributed by atoms with Gasteiger partial charge in [0.15, 0.2) is 0 Å². The van der Waals surface area contributed by atoms with Gasteiger partial charge in [-0.3, -0.25) is 9.58 Å². The monoisotopic (exact) mass is 276 g/mol. The molecule has 110 valence electrons. The zero-order valence-electron chi connectivity index (χ0n) is 12.6. The van der Waals surface area contributed by atoms with Crippen LogP contribution in [0.1, 0.15) is 30.4 Å². The van der Waals surface area contributed by atoms with E-state index in [0.29, 0.717) is 0 Å². The van der Waals surface area contributed by atoms with Crippen LogP contribution in [0.5, 0.6) is 0 Å². The summed E-state index contributed by atoms with van der Waals surface area (Å²) in [6, 6.07) is 4.11. The lowest BCUT2D eigenvalue weighted by molar-refractivity contribution is 0.282. The molecule has 2 heterocycles. The van der Waals surface area contributed by atoms with Gasteiger partial charge in [-0.25, -0.2) is 0 Å². The zero-order valence-corrected chi connectivity index (χ0v) is 12.6. The molecule has 0 saturated heterocycles. The minimum absolute atomic E-state index is 0.806. The molecule has 0 saturated carbocycles. The Hall–Kier alpha value is -1.59. The first-order valence-electron chi connectivity index (χ1n) is 7.11. The molecule has 5 heteroatoms. The van der Waals surface area contributed by atoms with E-state index in [0.717, 1.165) is 44.1 Å². The van der Waals surface area contributed by atoms with Crippen LogP contribution in [0, 0.1) is 0 Å². The van der Waals surface area contributed by atoms with Crippen molar-refractivity contribution in [3.63, 3.8) is 0 Å². The van der Waals surface area contributed by atoms with Crippen molar-refractivity contribution in [1.82, 2.24) is 20.0 Å². The van der Waals surface area contributed by atoms with E-state index in [1.165, 1.54) is 5.56 Å².